The summed E-state index contributed by atoms with van der Waals surface area (Å²) >= 11 is 0. The summed E-state index contributed by atoms with van der Waals surface area (Å²) in [5.74, 6) is 2.13. The molecular formula is C26H31N3O. The third kappa shape index (κ3) is 2.29. The minimum Gasteiger partial charge on any atom is -0.439 e. The predicted octanol–water partition coefficient (Wildman–Crippen LogP) is 6.05. The molecule has 3 aliphatic heterocycles. The molecule has 0 N–H and O–H groups in total. The molecular weight excluding hydrogens is 370 g/mol. The van der Waals surface area contributed by atoms with Crippen molar-refractivity contribution in [2.24, 2.45) is 5.41 Å². The van der Waals surface area contributed by atoms with Crippen LogP contribution >= 0.6 is 0 Å². The van der Waals surface area contributed by atoms with E-state index in [2.05, 4.69) is 67.5 Å². The van der Waals surface area contributed by atoms with E-state index in [0.29, 0.717) is 12.0 Å². The van der Waals surface area contributed by atoms with Gasteiger partial charge >= 0.3 is 0 Å². The van der Waals surface area contributed by atoms with Gasteiger partial charge in [-0.25, -0.2) is 4.98 Å². The lowest BCUT2D eigenvalue weighted by molar-refractivity contribution is 0.0269. The zero-order valence-electron chi connectivity index (χ0n) is 18.5. The number of oxazole rings is 1. The topological polar surface area (TPSA) is 34.2 Å². The van der Waals surface area contributed by atoms with Crippen LogP contribution in [0, 0.1) is 12.3 Å². The first-order valence-electron chi connectivity index (χ1n) is 11.6. The molecule has 2 atom stereocenters. The van der Waals surface area contributed by atoms with Crippen molar-refractivity contribution in [2.75, 3.05) is 13.1 Å². The first-order valence-corrected chi connectivity index (χ1v) is 11.6. The summed E-state index contributed by atoms with van der Waals surface area (Å²) in [7, 11) is 0. The van der Waals surface area contributed by atoms with Gasteiger partial charge in [0, 0.05) is 29.0 Å². The summed E-state index contributed by atoms with van der Waals surface area (Å²) in [6.07, 6.45) is 7.33. The van der Waals surface area contributed by atoms with Crippen molar-refractivity contribution in [3.63, 3.8) is 0 Å². The molecule has 3 aliphatic rings. The minimum atomic E-state index is 0.160. The quantitative estimate of drug-likeness (QED) is 0.535. The largest absolute Gasteiger partial charge is 0.439 e. The Kier molecular flexibility index (Phi) is 3.89. The van der Waals surface area contributed by atoms with E-state index in [1.807, 2.05) is 0 Å². The molecule has 2 aromatic heterocycles. The van der Waals surface area contributed by atoms with Crippen molar-refractivity contribution in [1.29, 1.82) is 0 Å². The van der Waals surface area contributed by atoms with E-state index in [1.165, 1.54) is 42.5 Å². The summed E-state index contributed by atoms with van der Waals surface area (Å²) in [6, 6.07) is 9.39. The maximum atomic E-state index is 6.43. The maximum absolute atomic E-state index is 6.43. The Labute approximate surface area is 178 Å². The molecule has 0 aliphatic carbocycles. The fraction of sp³-hybridized carbons (Fsp3) is 0.500. The monoisotopic (exact) mass is 401 g/mol. The highest BCUT2D eigenvalue weighted by molar-refractivity contribution is 5.91. The van der Waals surface area contributed by atoms with Gasteiger partial charge in [0.1, 0.15) is 11.5 Å². The average molecular weight is 402 g/mol. The molecule has 5 heterocycles. The van der Waals surface area contributed by atoms with E-state index in [-0.39, 0.29) is 5.41 Å². The van der Waals surface area contributed by atoms with E-state index < -0.39 is 0 Å². The van der Waals surface area contributed by atoms with Crippen molar-refractivity contribution < 1.29 is 4.42 Å². The molecule has 0 radical (unpaired) electrons. The van der Waals surface area contributed by atoms with Gasteiger partial charge in [-0.05, 0) is 56.9 Å². The van der Waals surface area contributed by atoms with Crippen LogP contribution < -0.4 is 0 Å². The van der Waals surface area contributed by atoms with Crippen molar-refractivity contribution in [3.05, 3.63) is 58.9 Å². The Bertz CT molecular complexity index is 1180. The summed E-state index contributed by atoms with van der Waals surface area (Å²) in [4.78, 5) is 7.69. The highest BCUT2D eigenvalue weighted by atomic mass is 16.4. The number of aryl methyl sites for hydroxylation is 1. The third-order valence-corrected chi connectivity index (χ3v) is 7.82. The van der Waals surface area contributed by atoms with E-state index in [1.54, 1.807) is 5.56 Å². The molecule has 6 rings (SSSR count). The number of hydrogen-bond acceptors (Lipinski definition) is 3. The number of aromatic nitrogens is 2. The zero-order valence-corrected chi connectivity index (χ0v) is 18.5. The van der Waals surface area contributed by atoms with Crippen LogP contribution in [0.3, 0.4) is 0 Å². The van der Waals surface area contributed by atoms with Crippen LogP contribution in [0.5, 0.6) is 0 Å². The number of rotatable bonds is 3. The lowest BCUT2D eigenvalue weighted by Crippen LogP contribution is -2.50. The summed E-state index contributed by atoms with van der Waals surface area (Å²) in [5.41, 5.74) is 6.68. The number of hydrogen-bond donors (Lipinski definition) is 0. The molecule has 0 saturated carbocycles. The molecule has 4 nitrogen and oxygen atoms in total. The van der Waals surface area contributed by atoms with Crippen LogP contribution in [-0.2, 0) is 6.42 Å². The van der Waals surface area contributed by atoms with Gasteiger partial charge in [0.05, 0.1) is 17.3 Å². The van der Waals surface area contributed by atoms with Crippen LogP contribution in [-0.4, -0.2) is 27.5 Å². The van der Waals surface area contributed by atoms with Crippen molar-refractivity contribution >= 4 is 16.6 Å². The van der Waals surface area contributed by atoms with Crippen LogP contribution in [0.15, 0.2) is 34.8 Å². The van der Waals surface area contributed by atoms with Gasteiger partial charge in [-0.2, -0.15) is 0 Å². The first-order chi connectivity index (χ1) is 14.5. The van der Waals surface area contributed by atoms with Gasteiger partial charge in [0.25, 0.3) is 0 Å². The van der Waals surface area contributed by atoms with Crippen molar-refractivity contribution in [1.82, 2.24) is 14.5 Å². The maximum Gasteiger partial charge on any atom is 0.243 e. The van der Waals surface area contributed by atoms with Gasteiger partial charge in [0.2, 0.25) is 5.89 Å². The Hall–Kier alpha value is -2.33. The van der Waals surface area contributed by atoms with Crippen LogP contribution in [0.1, 0.15) is 80.6 Å². The highest BCUT2D eigenvalue weighted by Gasteiger charge is 2.50. The van der Waals surface area contributed by atoms with E-state index >= 15 is 0 Å². The second-order valence-corrected chi connectivity index (χ2v) is 9.75. The van der Waals surface area contributed by atoms with Gasteiger partial charge in [0.15, 0.2) is 0 Å². The summed E-state index contributed by atoms with van der Waals surface area (Å²) < 4.78 is 8.93. The minimum absolute atomic E-state index is 0.160. The number of para-hydroxylation sites is 1. The van der Waals surface area contributed by atoms with Crippen LogP contribution in [0.25, 0.3) is 16.6 Å². The molecule has 30 heavy (non-hydrogen) atoms. The molecule has 0 unspecified atom stereocenters. The van der Waals surface area contributed by atoms with Crippen molar-refractivity contribution in [2.45, 2.75) is 65.3 Å². The molecule has 1 saturated heterocycles. The van der Waals surface area contributed by atoms with Gasteiger partial charge < -0.3 is 8.98 Å². The molecule has 0 bridgehead atoms. The average Bonchev–Trinajstić information content (AvgIpc) is 3.31. The van der Waals surface area contributed by atoms with Crippen LogP contribution in [0.4, 0.5) is 0 Å². The number of fused-ring (bicyclic) bond motifs is 3. The third-order valence-electron chi connectivity index (χ3n) is 7.82. The predicted molar refractivity (Wildman–Crippen MR) is 121 cm³/mol. The smallest absolute Gasteiger partial charge is 0.243 e. The fourth-order valence-corrected chi connectivity index (χ4v) is 6.49. The second kappa shape index (κ2) is 6.34. The molecule has 1 fully saturated rings. The Balaban J connectivity index is 1.69. The van der Waals surface area contributed by atoms with Gasteiger partial charge in [-0.1, -0.05) is 39.0 Å². The number of nitrogens with zero attached hydrogens (tertiary/aromatic N) is 3. The Morgan fingerprint density at radius 3 is 2.83 bits per heavy atom. The van der Waals surface area contributed by atoms with E-state index in [9.17, 15) is 0 Å². The lowest BCUT2D eigenvalue weighted by Gasteiger charge is -2.53. The fourth-order valence-electron chi connectivity index (χ4n) is 6.49. The molecule has 156 valence electrons. The lowest BCUT2D eigenvalue weighted by atomic mass is 9.66. The Morgan fingerprint density at radius 1 is 1.23 bits per heavy atom. The van der Waals surface area contributed by atoms with Crippen LogP contribution in [0.2, 0.25) is 0 Å². The SMILES string of the molecule is CC[C@@]12C=C(c3nc(C)c(C(C)C)o3)n3c4c(c5ccccc53)CCN(CCC1)[C@H]42. The van der Waals surface area contributed by atoms with E-state index in [4.69, 9.17) is 9.40 Å². The molecule has 0 amide bonds. The van der Waals surface area contributed by atoms with E-state index in [0.717, 1.165) is 35.9 Å². The van der Waals surface area contributed by atoms with Gasteiger partial charge in [-0.15, -0.1) is 0 Å². The molecule has 3 aromatic rings. The standard InChI is InChI=1S/C26H31N3O/c1-5-26-12-8-13-28-14-11-19-18-9-6-7-10-20(18)29(22(19)24(26)28)21(15-26)25-27-17(4)23(30-25)16(2)3/h6-7,9-10,15-16,24H,5,8,11-14H2,1-4H3/t24-,26+/m1/s1. The summed E-state index contributed by atoms with van der Waals surface area (Å²) in [6.45, 7) is 11.2. The second-order valence-electron chi connectivity index (χ2n) is 9.75. The molecule has 0 spiro atoms. The Morgan fingerprint density at radius 2 is 2.07 bits per heavy atom. The normalized spacial score (nSPS) is 25.6. The molecule has 4 heteroatoms. The summed E-state index contributed by atoms with van der Waals surface area (Å²) in [5, 5.41) is 1.41. The highest BCUT2D eigenvalue weighted by Crippen LogP contribution is 2.57. The molecule has 1 aromatic carbocycles. The first kappa shape index (κ1) is 18.4. The number of benzene rings is 1. The van der Waals surface area contributed by atoms with Crippen molar-refractivity contribution in [3.8, 4) is 0 Å². The number of piperidine rings is 1. The van der Waals surface area contributed by atoms with Gasteiger partial charge in [-0.3, -0.25) is 4.90 Å². The zero-order chi connectivity index (χ0) is 20.6.